The normalized spacial score (nSPS) is 14.8. The minimum absolute atomic E-state index is 0. The number of carboxylic acids is 1. The lowest BCUT2D eigenvalue weighted by Gasteiger charge is -2.24. The maximum Gasteiger partial charge on any atom is 0.410 e. The number of rotatable bonds is 9. The Labute approximate surface area is 434 Å². The van der Waals surface area contributed by atoms with Crippen LogP contribution in [0.3, 0.4) is 0 Å². The van der Waals surface area contributed by atoms with E-state index < -0.39 is 52.4 Å². The van der Waals surface area contributed by atoms with Crippen LogP contribution in [0.1, 0.15) is 97.6 Å². The number of benzene rings is 2. The third-order valence-electron chi connectivity index (χ3n) is 9.59. The van der Waals surface area contributed by atoms with E-state index >= 15 is 0 Å². The van der Waals surface area contributed by atoms with E-state index in [9.17, 15) is 36.7 Å². The minimum Gasteiger partial charge on any atom is -0.476 e. The summed E-state index contributed by atoms with van der Waals surface area (Å²) in [5, 5.41) is 14.0. The van der Waals surface area contributed by atoms with Gasteiger partial charge in [-0.25, -0.2) is 51.9 Å². The number of hydrogen-bond acceptors (Lipinski definition) is 17. The minimum atomic E-state index is -1.22. The smallest absolute Gasteiger partial charge is 0.410 e. The molecule has 2 aliphatic rings. The third-order valence-corrected chi connectivity index (χ3v) is 11.3. The van der Waals surface area contributed by atoms with Crippen LogP contribution in [0.2, 0.25) is 0 Å². The molecule has 19 nitrogen and oxygen atoms in total. The standard InChI is InChI=1S/C23H23F2N5O4S.C13H20N4O3.C10H5F2NO2S.3CH4/c1-23(2,3)34-22(32)30-8-7-13(10-30)33-20-16(9-26-12-27-20)28-19(31)17-11-35-21(29-17)18-14(24)5-4-6-15(18)25;1-13(2,3)20-12(18)17-5-4-9(7-17)19-11-10(14)6-15-8-16-11;11-5-2-1-3-6(12)8(5)9-13-7(4-16-9)10(14)15;;;/h4-6,9,11-13H,7-8,10H2,1-3H3,(H,28,31);6,8-9H,4-5,7,14H2,1-3H3;1-4H,(H,14,15);3*1H4. The van der Waals surface area contributed by atoms with E-state index in [1.807, 2.05) is 20.8 Å². The molecule has 400 valence electrons. The molecule has 0 aliphatic carbocycles. The summed E-state index contributed by atoms with van der Waals surface area (Å²) in [6.07, 6.45) is 5.56. The van der Waals surface area contributed by atoms with E-state index in [2.05, 4.69) is 35.2 Å². The van der Waals surface area contributed by atoms with Gasteiger partial charge in [0.15, 0.2) is 5.69 Å². The molecule has 0 bridgehead atoms. The summed E-state index contributed by atoms with van der Waals surface area (Å²) >= 11 is 1.83. The molecule has 0 saturated carbocycles. The molecule has 4 aromatic heterocycles. The van der Waals surface area contributed by atoms with Gasteiger partial charge in [-0.1, -0.05) is 34.4 Å². The van der Waals surface area contributed by atoms with Gasteiger partial charge in [0.05, 0.1) is 36.6 Å². The highest BCUT2D eigenvalue weighted by atomic mass is 32.1. The fraction of sp³-hybridized carbons (Fsp3) is 0.388. The highest BCUT2D eigenvalue weighted by Crippen LogP contribution is 2.32. The van der Waals surface area contributed by atoms with Crippen molar-refractivity contribution in [3.05, 3.63) is 107 Å². The van der Waals surface area contributed by atoms with Crippen LogP contribution in [0, 0.1) is 23.3 Å². The fourth-order valence-electron chi connectivity index (χ4n) is 6.45. The number of hydrogen-bond donors (Lipinski definition) is 3. The van der Waals surface area contributed by atoms with E-state index in [1.165, 1.54) is 47.9 Å². The Kier molecular flexibility index (Phi) is 21.7. The molecule has 2 unspecified atom stereocenters. The van der Waals surface area contributed by atoms with Crippen molar-refractivity contribution in [2.24, 2.45) is 0 Å². The van der Waals surface area contributed by atoms with Crippen LogP contribution >= 0.6 is 22.7 Å². The van der Waals surface area contributed by atoms with Crippen LogP contribution in [-0.2, 0) is 9.47 Å². The first kappa shape index (κ1) is 60.8. The molecule has 0 spiro atoms. The summed E-state index contributed by atoms with van der Waals surface area (Å²) < 4.78 is 77.1. The van der Waals surface area contributed by atoms with Gasteiger partial charge in [0.2, 0.25) is 11.8 Å². The van der Waals surface area contributed by atoms with Gasteiger partial charge in [0.25, 0.3) is 5.91 Å². The predicted octanol–water partition coefficient (Wildman–Crippen LogP) is 10.7. The van der Waals surface area contributed by atoms with Crippen LogP contribution in [0.25, 0.3) is 21.1 Å². The van der Waals surface area contributed by atoms with Gasteiger partial charge < -0.3 is 44.9 Å². The fourth-order valence-corrected chi connectivity index (χ4v) is 8.13. The number of nitrogens with two attached hydrogens (primary N) is 1. The predicted molar refractivity (Wildman–Crippen MR) is 272 cm³/mol. The number of amides is 3. The molecule has 2 atom stereocenters. The molecule has 4 N–H and O–H groups in total. The zero-order valence-corrected chi connectivity index (χ0v) is 40.7. The molecule has 2 aromatic carbocycles. The number of aromatic carboxylic acids is 1. The first-order valence-corrected chi connectivity index (χ1v) is 23.3. The molecule has 2 fully saturated rings. The van der Waals surface area contributed by atoms with E-state index in [0.29, 0.717) is 44.2 Å². The average molecular weight is 1070 g/mol. The number of nitrogens with zero attached hydrogens (tertiary/aromatic N) is 8. The number of thiazole rings is 2. The first-order valence-electron chi connectivity index (χ1n) is 21.5. The number of nitrogen functional groups attached to an aromatic ring is 1. The maximum absolute atomic E-state index is 14.1. The first-order chi connectivity index (χ1) is 33.5. The molecule has 3 amide bonds. The van der Waals surface area contributed by atoms with Crippen molar-refractivity contribution >= 4 is 58.1 Å². The quantitative estimate of drug-likeness (QED) is 0.114. The summed E-state index contributed by atoms with van der Waals surface area (Å²) in [5.41, 5.74) is 4.38. The molecule has 6 heterocycles. The monoisotopic (exact) mass is 1070 g/mol. The van der Waals surface area contributed by atoms with Gasteiger partial charge in [-0.2, -0.15) is 9.97 Å². The van der Waals surface area contributed by atoms with Crippen molar-refractivity contribution in [1.82, 2.24) is 39.7 Å². The zero-order chi connectivity index (χ0) is 51.6. The Morgan fingerprint density at radius 1 is 0.676 bits per heavy atom. The summed E-state index contributed by atoms with van der Waals surface area (Å²) in [6.45, 7) is 12.7. The Morgan fingerprint density at radius 2 is 1.09 bits per heavy atom. The van der Waals surface area contributed by atoms with Gasteiger partial charge in [-0.3, -0.25) is 4.79 Å². The van der Waals surface area contributed by atoms with Gasteiger partial charge in [-0.15, -0.1) is 22.7 Å². The lowest BCUT2D eigenvalue weighted by atomic mass is 10.2. The number of anilines is 2. The molecule has 2 aliphatic heterocycles. The second kappa shape index (κ2) is 26.4. The van der Waals surface area contributed by atoms with Crippen molar-refractivity contribution in [1.29, 1.82) is 0 Å². The van der Waals surface area contributed by atoms with Crippen LogP contribution < -0.4 is 20.5 Å². The topological polar surface area (TPSA) is 247 Å². The van der Waals surface area contributed by atoms with Crippen molar-refractivity contribution in [3.8, 4) is 32.9 Å². The second-order valence-electron chi connectivity index (χ2n) is 17.5. The van der Waals surface area contributed by atoms with Crippen LogP contribution in [-0.4, -0.2) is 118 Å². The highest BCUT2D eigenvalue weighted by molar-refractivity contribution is 7.13. The Balaban J connectivity index is 0.000000315. The number of halogens is 4. The number of nitrogens with one attached hydrogen (secondary N) is 1. The van der Waals surface area contributed by atoms with Crippen molar-refractivity contribution in [2.75, 3.05) is 37.2 Å². The SMILES string of the molecule is C.C.C.CC(C)(C)OC(=O)N1CCC(Oc2ncncc2N)C1.CC(C)(C)OC(=O)N1CCC(Oc2ncncc2NC(=O)c2csc(-c3c(F)cccc3F)n2)C1.O=C(O)c1csc(-c2c(F)cccc2F)n1. The molecular formula is C49H60F4N10O9S2. The maximum atomic E-state index is 14.1. The molecular weight excluding hydrogens is 1010 g/mol. The lowest BCUT2D eigenvalue weighted by Crippen LogP contribution is -2.36. The molecule has 74 heavy (non-hydrogen) atoms. The van der Waals surface area contributed by atoms with E-state index in [0.717, 1.165) is 53.4 Å². The van der Waals surface area contributed by atoms with Gasteiger partial charge in [-0.05, 0) is 65.8 Å². The lowest BCUT2D eigenvalue weighted by molar-refractivity contribution is 0.0265. The van der Waals surface area contributed by atoms with Crippen LogP contribution in [0.15, 0.2) is 72.2 Å². The number of carbonyl (C=O) groups excluding carboxylic acids is 3. The van der Waals surface area contributed by atoms with E-state index in [-0.39, 0.29) is 84.7 Å². The number of ether oxygens (including phenoxy) is 4. The van der Waals surface area contributed by atoms with E-state index in [4.69, 9.17) is 29.8 Å². The summed E-state index contributed by atoms with van der Waals surface area (Å²) in [5.74, 6) is -4.41. The molecule has 8 rings (SSSR count). The number of likely N-dealkylation sites (tertiary alicyclic amines) is 2. The van der Waals surface area contributed by atoms with Gasteiger partial charge in [0, 0.05) is 36.7 Å². The van der Waals surface area contributed by atoms with Gasteiger partial charge >= 0.3 is 18.2 Å². The van der Waals surface area contributed by atoms with Crippen molar-refractivity contribution in [3.63, 3.8) is 0 Å². The third kappa shape index (κ3) is 16.8. The number of aromatic nitrogens is 6. The number of carbonyl (C=O) groups is 4. The molecule has 6 aromatic rings. The number of carboxylic acid groups (broad SMARTS) is 1. The Bertz CT molecular complexity index is 2820. The second-order valence-corrected chi connectivity index (χ2v) is 19.2. The Hall–Kier alpha value is -7.54. The average Bonchev–Trinajstić information content (AvgIpc) is 4.14. The zero-order valence-electron chi connectivity index (χ0n) is 39.0. The molecule has 25 heteroatoms. The van der Waals surface area contributed by atoms with Crippen LogP contribution in [0.5, 0.6) is 11.8 Å². The van der Waals surface area contributed by atoms with Crippen molar-refractivity contribution < 1.29 is 60.8 Å². The highest BCUT2D eigenvalue weighted by Gasteiger charge is 2.33. The summed E-state index contributed by atoms with van der Waals surface area (Å²) in [4.78, 5) is 74.2. The molecule has 2 saturated heterocycles. The molecule has 0 radical (unpaired) electrons. The summed E-state index contributed by atoms with van der Waals surface area (Å²) in [7, 11) is 0. The van der Waals surface area contributed by atoms with Crippen LogP contribution in [0.4, 0.5) is 38.5 Å². The summed E-state index contributed by atoms with van der Waals surface area (Å²) in [6, 6.07) is 6.93. The van der Waals surface area contributed by atoms with E-state index in [1.54, 1.807) is 30.6 Å². The largest absolute Gasteiger partial charge is 0.476 e. The van der Waals surface area contributed by atoms with Crippen molar-refractivity contribution in [2.45, 2.75) is 100 Å². The Morgan fingerprint density at radius 3 is 1.53 bits per heavy atom. The van der Waals surface area contributed by atoms with Gasteiger partial charge in [0.1, 0.15) is 86.4 Å².